The zero-order valence-electron chi connectivity index (χ0n) is 11.8. The lowest BCUT2D eigenvalue weighted by atomic mass is 10.2. The highest BCUT2D eigenvalue weighted by atomic mass is 16.5. The number of imidazole rings is 1. The molecular weight excluding hydrogens is 238 g/mol. The number of nitrogens with one attached hydrogen (secondary N) is 1. The molecule has 4 nitrogen and oxygen atoms in total. The van der Waals surface area contributed by atoms with Gasteiger partial charge in [-0.05, 0) is 27.0 Å². The van der Waals surface area contributed by atoms with Crippen LogP contribution in [0.4, 0.5) is 0 Å². The summed E-state index contributed by atoms with van der Waals surface area (Å²) in [5, 5.41) is 3.15. The number of hydrogen-bond donors (Lipinski definition) is 1. The van der Waals surface area contributed by atoms with Crippen molar-refractivity contribution in [1.82, 2.24) is 14.9 Å². The Labute approximate surface area is 114 Å². The Morgan fingerprint density at radius 2 is 2.05 bits per heavy atom. The van der Waals surface area contributed by atoms with Gasteiger partial charge in [0.25, 0.3) is 0 Å². The molecular formula is C15H21N3O. The van der Waals surface area contributed by atoms with Crippen LogP contribution >= 0.6 is 0 Å². The average Bonchev–Trinajstić information content (AvgIpc) is 2.73. The van der Waals surface area contributed by atoms with E-state index in [1.54, 1.807) is 0 Å². The van der Waals surface area contributed by atoms with Crippen LogP contribution < -0.4 is 10.1 Å². The Morgan fingerprint density at radius 1 is 1.26 bits per heavy atom. The first-order valence-corrected chi connectivity index (χ1v) is 6.56. The van der Waals surface area contributed by atoms with Gasteiger partial charge in [-0.25, -0.2) is 4.98 Å². The molecule has 102 valence electrons. The summed E-state index contributed by atoms with van der Waals surface area (Å²) in [6.07, 6.45) is 1.87. The summed E-state index contributed by atoms with van der Waals surface area (Å²) in [7, 11) is 1.94. The van der Waals surface area contributed by atoms with Crippen molar-refractivity contribution < 1.29 is 4.74 Å². The van der Waals surface area contributed by atoms with E-state index in [2.05, 4.69) is 27.9 Å². The van der Waals surface area contributed by atoms with Gasteiger partial charge in [-0.3, -0.25) is 0 Å². The summed E-state index contributed by atoms with van der Waals surface area (Å²) in [6.45, 7) is 6.39. The minimum atomic E-state index is 0.650. The zero-order chi connectivity index (χ0) is 13.7. The number of benzene rings is 1. The fourth-order valence-corrected chi connectivity index (χ4v) is 2.00. The topological polar surface area (TPSA) is 39.1 Å². The summed E-state index contributed by atoms with van der Waals surface area (Å²) in [5.41, 5.74) is 3.46. The molecule has 0 bridgehead atoms. The molecule has 0 saturated heterocycles. The molecule has 0 saturated carbocycles. The molecule has 0 fully saturated rings. The third-order valence-electron chi connectivity index (χ3n) is 3.27. The second kappa shape index (κ2) is 6.38. The number of aryl methyl sites for hydroxylation is 1. The van der Waals surface area contributed by atoms with Crippen molar-refractivity contribution >= 4 is 0 Å². The molecule has 4 heteroatoms. The first kappa shape index (κ1) is 13.6. The van der Waals surface area contributed by atoms with Crippen LogP contribution in [0, 0.1) is 13.8 Å². The predicted octanol–water partition coefficient (Wildman–Crippen LogP) is 2.30. The summed E-state index contributed by atoms with van der Waals surface area (Å²) in [4.78, 5) is 4.29. The zero-order valence-corrected chi connectivity index (χ0v) is 11.8. The average molecular weight is 259 g/mol. The Balaban J connectivity index is 1.94. The van der Waals surface area contributed by atoms with E-state index >= 15 is 0 Å². The summed E-state index contributed by atoms with van der Waals surface area (Å²) < 4.78 is 7.99. The lowest BCUT2D eigenvalue weighted by Gasteiger charge is -2.12. The van der Waals surface area contributed by atoms with Crippen LogP contribution in [0.1, 0.15) is 17.0 Å². The van der Waals surface area contributed by atoms with E-state index in [-0.39, 0.29) is 0 Å². The van der Waals surface area contributed by atoms with Gasteiger partial charge in [0.2, 0.25) is 0 Å². The van der Waals surface area contributed by atoms with E-state index in [1.165, 1.54) is 11.3 Å². The molecule has 0 unspecified atom stereocenters. The van der Waals surface area contributed by atoms with Gasteiger partial charge >= 0.3 is 0 Å². The van der Waals surface area contributed by atoms with Gasteiger partial charge in [0.15, 0.2) is 0 Å². The molecule has 2 rings (SSSR count). The molecule has 0 radical (unpaired) electrons. The molecule has 0 aliphatic rings. The van der Waals surface area contributed by atoms with Crippen LogP contribution in [-0.2, 0) is 13.1 Å². The molecule has 1 aromatic heterocycles. The van der Waals surface area contributed by atoms with E-state index in [4.69, 9.17) is 4.74 Å². The van der Waals surface area contributed by atoms with Crippen molar-refractivity contribution in [2.24, 2.45) is 0 Å². The quantitative estimate of drug-likeness (QED) is 0.865. The number of nitrogens with zero attached hydrogens (tertiary/aromatic N) is 2. The molecule has 0 aliphatic carbocycles. The summed E-state index contributed by atoms with van der Waals surface area (Å²) in [5.74, 6) is 0.950. The third-order valence-corrected chi connectivity index (χ3v) is 3.27. The third kappa shape index (κ3) is 3.35. The number of ether oxygens (including phenoxy) is 1. The lowest BCUT2D eigenvalue weighted by Crippen LogP contribution is -2.11. The van der Waals surface area contributed by atoms with E-state index in [0.717, 1.165) is 24.5 Å². The standard InChI is InChI=1S/C15H21N3O/c1-12-13(2)18(11-17-12)8-9-19-15-7-5-4-6-14(15)10-16-3/h4-7,11,16H,8-10H2,1-3H3. The molecule has 0 spiro atoms. The van der Waals surface area contributed by atoms with Crippen molar-refractivity contribution in [2.75, 3.05) is 13.7 Å². The molecule has 2 aromatic rings. The second-order valence-electron chi connectivity index (χ2n) is 4.60. The number of rotatable bonds is 6. The van der Waals surface area contributed by atoms with Crippen molar-refractivity contribution in [3.63, 3.8) is 0 Å². The number of aromatic nitrogens is 2. The van der Waals surface area contributed by atoms with Crippen LogP contribution in [0.25, 0.3) is 0 Å². The van der Waals surface area contributed by atoms with Crippen molar-refractivity contribution in [3.8, 4) is 5.75 Å². The highest BCUT2D eigenvalue weighted by Gasteiger charge is 2.04. The fourth-order valence-electron chi connectivity index (χ4n) is 2.00. The highest BCUT2D eigenvalue weighted by molar-refractivity contribution is 5.33. The Kier molecular flexibility index (Phi) is 4.58. The molecule has 19 heavy (non-hydrogen) atoms. The molecule has 1 aromatic carbocycles. The number of hydrogen-bond acceptors (Lipinski definition) is 3. The Morgan fingerprint density at radius 3 is 2.74 bits per heavy atom. The van der Waals surface area contributed by atoms with Gasteiger partial charge < -0.3 is 14.6 Å². The second-order valence-corrected chi connectivity index (χ2v) is 4.60. The van der Waals surface area contributed by atoms with Crippen LogP contribution in [0.15, 0.2) is 30.6 Å². The van der Waals surface area contributed by atoms with Crippen molar-refractivity contribution in [3.05, 3.63) is 47.5 Å². The summed E-state index contributed by atoms with van der Waals surface area (Å²) in [6, 6.07) is 8.13. The van der Waals surface area contributed by atoms with Crippen molar-refractivity contribution in [2.45, 2.75) is 26.9 Å². The largest absolute Gasteiger partial charge is 0.491 e. The molecule has 0 amide bonds. The van der Waals surface area contributed by atoms with E-state index in [0.29, 0.717) is 6.61 Å². The first-order valence-electron chi connectivity index (χ1n) is 6.56. The highest BCUT2D eigenvalue weighted by Crippen LogP contribution is 2.17. The van der Waals surface area contributed by atoms with Gasteiger partial charge in [0.05, 0.1) is 18.6 Å². The van der Waals surface area contributed by atoms with Crippen LogP contribution in [0.3, 0.4) is 0 Å². The Hall–Kier alpha value is -1.81. The van der Waals surface area contributed by atoms with Crippen LogP contribution in [0.5, 0.6) is 5.75 Å². The first-order chi connectivity index (χ1) is 9.22. The van der Waals surface area contributed by atoms with Crippen LogP contribution in [-0.4, -0.2) is 23.2 Å². The summed E-state index contributed by atoms with van der Waals surface area (Å²) >= 11 is 0. The molecule has 1 N–H and O–H groups in total. The van der Waals surface area contributed by atoms with Gasteiger partial charge in [-0.1, -0.05) is 18.2 Å². The van der Waals surface area contributed by atoms with Gasteiger partial charge in [-0.15, -0.1) is 0 Å². The van der Waals surface area contributed by atoms with E-state index in [9.17, 15) is 0 Å². The fraction of sp³-hybridized carbons (Fsp3) is 0.400. The van der Waals surface area contributed by atoms with Crippen molar-refractivity contribution in [1.29, 1.82) is 0 Å². The normalized spacial score (nSPS) is 10.7. The number of para-hydroxylation sites is 1. The smallest absolute Gasteiger partial charge is 0.123 e. The monoisotopic (exact) mass is 259 g/mol. The van der Waals surface area contributed by atoms with Crippen LogP contribution in [0.2, 0.25) is 0 Å². The maximum absolute atomic E-state index is 5.87. The van der Waals surface area contributed by atoms with Gasteiger partial charge in [0.1, 0.15) is 12.4 Å². The maximum Gasteiger partial charge on any atom is 0.123 e. The lowest BCUT2D eigenvalue weighted by molar-refractivity contribution is 0.294. The van der Waals surface area contributed by atoms with E-state index in [1.807, 2.05) is 38.5 Å². The van der Waals surface area contributed by atoms with Gasteiger partial charge in [-0.2, -0.15) is 0 Å². The molecule has 0 atom stereocenters. The van der Waals surface area contributed by atoms with Gasteiger partial charge in [0, 0.05) is 17.8 Å². The maximum atomic E-state index is 5.87. The molecule has 0 aliphatic heterocycles. The predicted molar refractivity (Wildman–Crippen MR) is 76.4 cm³/mol. The minimum Gasteiger partial charge on any atom is -0.491 e. The molecule has 1 heterocycles. The Bertz CT molecular complexity index is 534. The van der Waals surface area contributed by atoms with E-state index < -0.39 is 0 Å². The minimum absolute atomic E-state index is 0.650. The SMILES string of the molecule is CNCc1ccccc1OCCn1cnc(C)c1C.